The second-order valence-corrected chi connectivity index (χ2v) is 5.99. The lowest BCUT2D eigenvalue weighted by molar-refractivity contribution is -0.144. The number of carbonyl (C=O) groups excluding carboxylic acids is 3. The van der Waals surface area contributed by atoms with Crippen LogP contribution < -0.4 is 15.8 Å². The van der Waals surface area contributed by atoms with Gasteiger partial charge in [0.1, 0.15) is 17.4 Å². The number of nitrogens with zero attached hydrogens (tertiary/aromatic N) is 2. The number of nitriles is 1. The van der Waals surface area contributed by atoms with Crippen LogP contribution in [-0.4, -0.2) is 36.2 Å². The average Bonchev–Trinajstić information content (AvgIpc) is 2.96. The molecule has 0 spiro atoms. The average molecular weight is 396 g/mol. The molecule has 0 saturated carbocycles. The van der Waals surface area contributed by atoms with Crippen LogP contribution in [0.2, 0.25) is 0 Å². The maximum Gasteiger partial charge on any atom is 0.349 e. The van der Waals surface area contributed by atoms with E-state index in [0.29, 0.717) is 11.3 Å². The van der Waals surface area contributed by atoms with Crippen molar-refractivity contribution in [3.05, 3.63) is 52.9 Å². The minimum absolute atomic E-state index is 0.294. The lowest BCUT2D eigenvalue weighted by Gasteiger charge is -2.13. The van der Waals surface area contributed by atoms with E-state index in [0.717, 1.165) is 17.1 Å². The number of nitrogens with one attached hydrogen (secondary N) is 1. The molecule has 0 aliphatic carbocycles. The third-order valence-corrected chi connectivity index (χ3v) is 4.03. The SMILES string of the molecule is COc1ccccc1-n1c(C)cc(/C=C(\C#N)C(=O)OCC(=O)NC(N)=O)c1C. The van der Waals surface area contributed by atoms with E-state index < -0.39 is 24.5 Å². The van der Waals surface area contributed by atoms with Crippen LogP contribution in [0.25, 0.3) is 11.8 Å². The number of ether oxygens (including phenoxy) is 2. The molecule has 1 aromatic heterocycles. The summed E-state index contributed by atoms with van der Waals surface area (Å²) in [6, 6.07) is 9.97. The number of rotatable bonds is 6. The Kier molecular flexibility index (Phi) is 6.76. The fraction of sp³-hybridized carbons (Fsp3) is 0.200. The van der Waals surface area contributed by atoms with Gasteiger partial charge >= 0.3 is 12.0 Å². The quantitative estimate of drug-likeness (QED) is 0.434. The van der Waals surface area contributed by atoms with E-state index in [1.165, 1.54) is 6.08 Å². The van der Waals surface area contributed by atoms with Crippen LogP contribution in [0, 0.1) is 25.2 Å². The van der Waals surface area contributed by atoms with Crippen molar-refractivity contribution in [1.29, 1.82) is 5.26 Å². The Hall–Kier alpha value is -4.06. The molecule has 0 saturated heterocycles. The number of esters is 1. The number of hydrogen-bond acceptors (Lipinski definition) is 6. The van der Waals surface area contributed by atoms with Gasteiger partial charge in [0.05, 0.1) is 12.8 Å². The van der Waals surface area contributed by atoms with E-state index in [9.17, 15) is 19.6 Å². The summed E-state index contributed by atoms with van der Waals surface area (Å²) >= 11 is 0. The highest BCUT2D eigenvalue weighted by Crippen LogP contribution is 2.28. The highest BCUT2D eigenvalue weighted by Gasteiger charge is 2.17. The minimum Gasteiger partial charge on any atom is -0.495 e. The predicted molar refractivity (Wildman–Crippen MR) is 104 cm³/mol. The molecule has 29 heavy (non-hydrogen) atoms. The molecule has 3 amide bonds. The van der Waals surface area contributed by atoms with Crippen LogP contribution in [0.3, 0.4) is 0 Å². The Morgan fingerprint density at radius 3 is 2.59 bits per heavy atom. The molecule has 150 valence electrons. The topological polar surface area (TPSA) is 136 Å². The van der Waals surface area contributed by atoms with E-state index in [1.54, 1.807) is 18.5 Å². The summed E-state index contributed by atoms with van der Waals surface area (Å²) in [4.78, 5) is 34.0. The highest BCUT2D eigenvalue weighted by atomic mass is 16.5. The van der Waals surface area contributed by atoms with Crippen LogP contribution in [-0.2, 0) is 14.3 Å². The lowest BCUT2D eigenvalue weighted by Crippen LogP contribution is -2.37. The molecule has 2 rings (SSSR count). The van der Waals surface area contributed by atoms with Gasteiger partial charge in [-0.3, -0.25) is 10.1 Å². The normalized spacial score (nSPS) is 10.8. The van der Waals surface area contributed by atoms with Crippen molar-refractivity contribution in [3.8, 4) is 17.5 Å². The summed E-state index contributed by atoms with van der Waals surface area (Å²) in [5, 5.41) is 11.1. The van der Waals surface area contributed by atoms with Gasteiger partial charge in [-0.15, -0.1) is 0 Å². The smallest absolute Gasteiger partial charge is 0.349 e. The van der Waals surface area contributed by atoms with Gasteiger partial charge in [-0.1, -0.05) is 12.1 Å². The maximum atomic E-state index is 12.1. The van der Waals surface area contributed by atoms with Crippen molar-refractivity contribution in [2.75, 3.05) is 13.7 Å². The van der Waals surface area contributed by atoms with Gasteiger partial charge in [0.2, 0.25) is 0 Å². The third kappa shape index (κ3) is 5.01. The van der Waals surface area contributed by atoms with Gasteiger partial charge in [-0.2, -0.15) is 5.26 Å². The number of aromatic nitrogens is 1. The van der Waals surface area contributed by atoms with Gasteiger partial charge < -0.3 is 19.8 Å². The van der Waals surface area contributed by atoms with Gasteiger partial charge in [0.15, 0.2) is 6.61 Å². The van der Waals surface area contributed by atoms with Crippen LogP contribution in [0.5, 0.6) is 5.75 Å². The monoisotopic (exact) mass is 396 g/mol. The fourth-order valence-corrected chi connectivity index (χ4v) is 2.79. The molecule has 1 aromatic carbocycles. The number of hydrogen-bond donors (Lipinski definition) is 2. The first-order chi connectivity index (χ1) is 13.8. The Morgan fingerprint density at radius 1 is 1.28 bits per heavy atom. The highest BCUT2D eigenvalue weighted by molar-refractivity contribution is 6.00. The predicted octanol–water partition coefficient (Wildman–Crippen LogP) is 1.75. The van der Waals surface area contributed by atoms with Crippen molar-refractivity contribution in [2.45, 2.75) is 13.8 Å². The molecule has 0 aliphatic heterocycles. The molecule has 9 nitrogen and oxygen atoms in total. The number of carbonyl (C=O) groups is 3. The zero-order chi connectivity index (χ0) is 21.6. The number of nitrogens with two attached hydrogens (primary N) is 1. The number of benzene rings is 1. The van der Waals surface area contributed by atoms with Gasteiger partial charge in [-0.05, 0) is 43.7 Å². The number of aryl methyl sites for hydroxylation is 1. The first-order valence-electron chi connectivity index (χ1n) is 8.49. The number of amides is 3. The number of primary amides is 1. The standard InChI is InChI=1S/C20H20N4O5/c1-12-8-14(13(2)24(12)16-6-4-5-7-17(16)28-3)9-15(10-21)19(26)29-11-18(25)23-20(22)27/h4-9H,11H2,1-3H3,(H3,22,23,25,27)/b15-9+. The van der Waals surface area contributed by atoms with Crippen molar-refractivity contribution in [3.63, 3.8) is 0 Å². The van der Waals surface area contributed by atoms with E-state index in [2.05, 4.69) is 0 Å². The molecule has 0 atom stereocenters. The summed E-state index contributed by atoms with van der Waals surface area (Å²) in [6.07, 6.45) is 1.38. The van der Waals surface area contributed by atoms with Crippen molar-refractivity contribution in [1.82, 2.24) is 9.88 Å². The van der Waals surface area contributed by atoms with Crippen molar-refractivity contribution >= 4 is 24.0 Å². The largest absolute Gasteiger partial charge is 0.495 e. The van der Waals surface area contributed by atoms with Gasteiger partial charge in [0, 0.05) is 11.4 Å². The Labute approximate surface area is 167 Å². The second kappa shape index (κ2) is 9.23. The minimum atomic E-state index is -1.06. The molecule has 0 bridgehead atoms. The van der Waals surface area contributed by atoms with Crippen LogP contribution >= 0.6 is 0 Å². The summed E-state index contributed by atoms with van der Waals surface area (Å²) in [7, 11) is 1.58. The van der Waals surface area contributed by atoms with E-state index in [1.807, 2.05) is 48.7 Å². The molecular weight excluding hydrogens is 376 g/mol. The molecule has 0 unspecified atom stereocenters. The molecule has 9 heteroatoms. The molecule has 2 aromatic rings. The van der Waals surface area contributed by atoms with Gasteiger partial charge in [0.25, 0.3) is 5.91 Å². The lowest BCUT2D eigenvalue weighted by atomic mass is 10.1. The number of para-hydroxylation sites is 2. The van der Waals surface area contributed by atoms with Crippen LogP contribution in [0.4, 0.5) is 4.79 Å². The Morgan fingerprint density at radius 2 is 1.97 bits per heavy atom. The van der Waals surface area contributed by atoms with Gasteiger partial charge in [-0.25, -0.2) is 9.59 Å². The zero-order valence-corrected chi connectivity index (χ0v) is 16.2. The van der Waals surface area contributed by atoms with E-state index >= 15 is 0 Å². The molecule has 1 heterocycles. The molecule has 3 N–H and O–H groups in total. The van der Waals surface area contributed by atoms with Crippen LogP contribution in [0.15, 0.2) is 35.9 Å². The molecule has 0 aliphatic rings. The Balaban J connectivity index is 2.31. The van der Waals surface area contributed by atoms with Crippen molar-refractivity contribution < 1.29 is 23.9 Å². The first-order valence-corrected chi connectivity index (χ1v) is 8.49. The van der Waals surface area contributed by atoms with Crippen LogP contribution in [0.1, 0.15) is 17.0 Å². The molecular formula is C20H20N4O5. The summed E-state index contributed by atoms with van der Waals surface area (Å²) in [5.41, 5.74) is 7.59. The molecule has 0 fully saturated rings. The van der Waals surface area contributed by atoms with Crippen molar-refractivity contribution in [2.24, 2.45) is 5.73 Å². The Bertz CT molecular complexity index is 1030. The first kappa shape index (κ1) is 21.2. The summed E-state index contributed by atoms with van der Waals surface area (Å²) in [5.74, 6) is -1.21. The summed E-state index contributed by atoms with van der Waals surface area (Å²) < 4.78 is 12.1. The van der Waals surface area contributed by atoms with E-state index in [4.69, 9.17) is 15.2 Å². The number of imide groups is 1. The molecule has 0 radical (unpaired) electrons. The van der Waals surface area contributed by atoms with E-state index in [-0.39, 0.29) is 5.57 Å². The third-order valence-electron chi connectivity index (χ3n) is 4.03. The summed E-state index contributed by atoms with van der Waals surface area (Å²) in [6.45, 7) is 2.99. The number of urea groups is 1. The fourth-order valence-electron chi connectivity index (χ4n) is 2.79. The number of methoxy groups -OCH3 is 1. The zero-order valence-electron chi connectivity index (χ0n) is 16.2. The second-order valence-electron chi connectivity index (χ2n) is 5.99. The maximum absolute atomic E-state index is 12.1.